The highest BCUT2D eigenvalue weighted by Crippen LogP contribution is 2.26. The number of carbonyl (C=O) groups is 3. The van der Waals surface area contributed by atoms with Crippen molar-refractivity contribution < 1.29 is 19.5 Å². The second-order valence-corrected chi connectivity index (χ2v) is 12.1. The van der Waals surface area contributed by atoms with E-state index in [1.807, 2.05) is 93.5 Å². The van der Waals surface area contributed by atoms with Crippen LogP contribution in [-0.4, -0.2) is 82.5 Å². The summed E-state index contributed by atoms with van der Waals surface area (Å²) in [6, 6.07) is 16.4. The molecule has 228 valence electrons. The Kier molecular flexibility index (Phi) is 11.6. The third kappa shape index (κ3) is 8.80. The van der Waals surface area contributed by atoms with Crippen molar-refractivity contribution in [1.29, 1.82) is 0 Å². The van der Waals surface area contributed by atoms with Gasteiger partial charge in [0, 0.05) is 49.9 Å². The Morgan fingerprint density at radius 2 is 1.83 bits per heavy atom. The van der Waals surface area contributed by atoms with Gasteiger partial charge in [-0.15, -0.1) is 12.4 Å². The predicted octanol–water partition coefficient (Wildman–Crippen LogP) is 3.26. The number of amides is 3. The monoisotopic (exact) mass is 597 g/mol. The van der Waals surface area contributed by atoms with E-state index >= 15 is 0 Å². The quantitative estimate of drug-likeness (QED) is 0.271. The molecule has 1 aliphatic rings. The summed E-state index contributed by atoms with van der Waals surface area (Å²) in [4.78, 5) is 46.7. The summed E-state index contributed by atoms with van der Waals surface area (Å²) in [7, 11) is 1.90. The molecule has 1 aliphatic heterocycles. The molecule has 2 heterocycles. The van der Waals surface area contributed by atoms with Gasteiger partial charge in [0.15, 0.2) is 0 Å². The molecule has 4 rings (SSSR count). The van der Waals surface area contributed by atoms with Crippen LogP contribution in [0.5, 0.6) is 0 Å². The fourth-order valence-electron chi connectivity index (χ4n) is 5.38. The third-order valence-electron chi connectivity index (χ3n) is 7.48. The van der Waals surface area contributed by atoms with Gasteiger partial charge >= 0.3 is 0 Å². The molecule has 0 bridgehead atoms. The number of carbonyl (C=O) groups excluding carboxylic acids is 3. The van der Waals surface area contributed by atoms with E-state index in [0.717, 1.165) is 28.5 Å². The molecule has 1 fully saturated rings. The second-order valence-electron chi connectivity index (χ2n) is 12.1. The van der Waals surface area contributed by atoms with Crippen LogP contribution < -0.4 is 10.6 Å². The first kappa shape index (κ1) is 33.1. The SMILES string of the molecule is CN(Cc1ccc[nH]1)CC(O)CNC(=O)[C@@H](Cc1ccc2ccccc2c1)NC(=O)[C@@H]1CCCN1C(=O)C(C)(C)C.Cl. The summed E-state index contributed by atoms with van der Waals surface area (Å²) in [5, 5.41) is 18.5. The van der Waals surface area contributed by atoms with Crippen LogP contribution in [0.25, 0.3) is 10.8 Å². The van der Waals surface area contributed by atoms with Gasteiger partial charge in [0.2, 0.25) is 17.7 Å². The molecule has 0 spiro atoms. The largest absolute Gasteiger partial charge is 0.390 e. The molecule has 9 nitrogen and oxygen atoms in total. The number of aliphatic hydroxyl groups is 1. The lowest BCUT2D eigenvalue weighted by Crippen LogP contribution is -2.55. The lowest BCUT2D eigenvalue weighted by Gasteiger charge is -2.31. The van der Waals surface area contributed by atoms with E-state index in [0.29, 0.717) is 26.1 Å². The highest BCUT2D eigenvalue weighted by atomic mass is 35.5. The molecule has 1 unspecified atom stereocenters. The van der Waals surface area contributed by atoms with E-state index in [9.17, 15) is 19.5 Å². The average Bonchev–Trinajstić information content (AvgIpc) is 3.62. The number of nitrogens with zero attached hydrogens (tertiary/aromatic N) is 2. The van der Waals surface area contributed by atoms with Gasteiger partial charge in [-0.25, -0.2) is 0 Å². The summed E-state index contributed by atoms with van der Waals surface area (Å²) < 4.78 is 0. The molecule has 3 amide bonds. The number of rotatable bonds is 11. The number of aliphatic hydroxyl groups excluding tert-OH is 1. The Hall–Kier alpha value is -3.40. The zero-order valence-electron chi connectivity index (χ0n) is 24.9. The number of hydrogen-bond acceptors (Lipinski definition) is 5. The molecule has 1 saturated heterocycles. The Balaban J connectivity index is 0.00000484. The summed E-state index contributed by atoms with van der Waals surface area (Å²) in [6.45, 7) is 7.13. The van der Waals surface area contributed by atoms with Gasteiger partial charge in [0.05, 0.1) is 6.10 Å². The number of fused-ring (bicyclic) bond motifs is 1. The van der Waals surface area contributed by atoms with Crippen molar-refractivity contribution in [1.82, 2.24) is 25.4 Å². The van der Waals surface area contributed by atoms with Crippen LogP contribution in [0, 0.1) is 5.41 Å². The highest BCUT2D eigenvalue weighted by Gasteiger charge is 2.39. The molecule has 42 heavy (non-hydrogen) atoms. The topological polar surface area (TPSA) is 118 Å². The van der Waals surface area contributed by atoms with Crippen molar-refractivity contribution in [2.24, 2.45) is 5.41 Å². The standard InChI is InChI=1S/C32H43N5O4.ClH/c1-32(2,3)31(41)37-16-8-12-28(37)30(40)35-27(18-22-13-14-23-9-5-6-10-24(23)17-22)29(39)34-19-26(38)21-36(4)20-25-11-7-15-33-25;/h5-7,9-11,13-15,17,26-28,33,38H,8,12,16,18-21H2,1-4H3,(H,34,39)(H,35,40);1H/t26?,27-,28+;/m1./s1. The first-order chi connectivity index (χ1) is 19.5. The minimum absolute atomic E-state index is 0. The molecule has 0 aliphatic carbocycles. The van der Waals surface area contributed by atoms with Crippen LogP contribution in [0.2, 0.25) is 0 Å². The minimum Gasteiger partial charge on any atom is -0.390 e. The molecule has 10 heteroatoms. The van der Waals surface area contributed by atoms with Gasteiger partial charge in [-0.3, -0.25) is 19.3 Å². The average molecular weight is 598 g/mol. The maximum Gasteiger partial charge on any atom is 0.243 e. The molecule has 0 saturated carbocycles. The van der Waals surface area contributed by atoms with Gasteiger partial charge in [0.25, 0.3) is 0 Å². The van der Waals surface area contributed by atoms with Crippen molar-refractivity contribution in [3.05, 3.63) is 72.1 Å². The molecule has 4 N–H and O–H groups in total. The Labute approximate surface area is 254 Å². The van der Waals surface area contributed by atoms with Crippen molar-refractivity contribution >= 4 is 40.9 Å². The number of aromatic nitrogens is 1. The van der Waals surface area contributed by atoms with Crippen molar-refractivity contribution in [2.75, 3.05) is 26.7 Å². The number of halogens is 1. The van der Waals surface area contributed by atoms with E-state index in [2.05, 4.69) is 15.6 Å². The fraction of sp³-hybridized carbons (Fsp3) is 0.469. The Morgan fingerprint density at radius 1 is 1.10 bits per heavy atom. The molecule has 3 atom stereocenters. The van der Waals surface area contributed by atoms with Gasteiger partial charge in [-0.05, 0) is 48.4 Å². The van der Waals surface area contributed by atoms with Crippen LogP contribution in [0.1, 0.15) is 44.9 Å². The van der Waals surface area contributed by atoms with E-state index in [1.54, 1.807) is 4.90 Å². The van der Waals surface area contributed by atoms with Gasteiger partial charge < -0.3 is 25.6 Å². The number of likely N-dealkylation sites (tertiary alicyclic amines) is 1. The van der Waals surface area contributed by atoms with E-state index in [1.165, 1.54) is 0 Å². The summed E-state index contributed by atoms with van der Waals surface area (Å²) >= 11 is 0. The molecule has 1 aromatic heterocycles. The van der Waals surface area contributed by atoms with Gasteiger partial charge in [-0.2, -0.15) is 0 Å². The molecule has 2 aromatic carbocycles. The predicted molar refractivity (Wildman–Crippen MR) is 167 cm³/mol. The van der Waals surface area contributed by atoms with Crippen molar-refractivity contribution in [3.8, 4) is 0 Å². The number of aromatic amines is 1. The number of H-pyrrole nitrogens is 1. The summed E-state index contributed by atoms with van der Waals surface area (Å²) in [6.07, 6.45) is 2.65. The van der Waals surface area contributed by atoms with Gasteiger partial charge in [0.1, 0.15) is 12.1 Å². The molecular weight excluding hydrogens is 554 g/mol. The van der Waals surface area contributed by atoms with Crippen LogP contribution in [0.4, 0.5) is 0 Å². The van der Waals surface area contributed by atoms with Crippen LogP contribution in [-0.2, 0) is 27.3 Å². The smallest absolute Gasteiger partial charge is 0.243 e. The maximum atomic E-state index is 13.5. The normalized spacial score (nSPS) is 16.6. The first-order valence-electron chi connectivity index (χ1n) is 14.4. The van der Waals surface area contributed by atoms with Crippen LogP contribution >= 0.6 is 12.4 Å². The third-order valence-corrected chi connectivity index (χ3v) is 7.48. The summed E-state index contributed by atoms with van der Waals surface area (Å²) in [5.41, 5.74) is 1.34. The number of hydrogen-bond donors (Lipinski definition) is 4. The highest BCUT2D eigenvalue weighted by molar-refractivity contribution is 5.93. The lowest BCUT2D eigenvalue weighted by molar-refractivity contribution is -0.145. The molecule has 3 aromatic rings. The zero-order chi connectivity index (χ0) is 29.6. The van der Waals surface area contributed by atoms with Crippen LogP contribution in [0.15, 0.2) is 60.8 Å². The maximum absolute atomic E-state index is 13.5. The van der Waals surface area contributed by atoms with Crippen molar-refractivity contribution in [2.45, 2.75) is 64.8 Å². The zero-order valence-corrected chi connectivity index (χ0v) is 25.7. The Bertz CT molecular complexity index is 1340. The molecular formula is C32H44ClN5O4. The number of nitrogens with one attached hydrogen (secondary N) is 3. The van der Waals surface area contributed by atoms with E-state index in [4.69, 9.17) is 0 Å². The van der Waals surface area contributed by atoms with Crippen LogP contribution in [0.3, 0.4) is 0 Å². The minimum atomic E-state index is -0.861. The number of likely N-dealkylation sites (N-methyl/N-ethyl adjacent to an activating group) is 1. The van der Waals surface area contributed by atoms with E-state index < -0.39 is 23.6 Å². The first-order valence-corrected chi connectivity index (χ1v) is 14.4. The number of benzene rings is 2. The second kappa shape index (κ2) is 14.7. The summed E-state index contributed by atoms with van der Waals surface area (Å²) in [5.74, 6) is -0.770. The fourth-order valence-corrected chi connectivity index (χ4v) is 5.38. The van der Waals surface area contributed by atoms with E-state index in [-0.39, 0.29) is 43.1 Å². The lowest BCUT2D eigenvalue weighted by atomic mass is 9.94. The molecule has 0 radical (unpaired) electrons. The Morgan fingerprint density at radius 3 is 2.52 bits per heavy atom. The van der Waals surface area contributed by atoms with Gasteiger partial charge in [-0.1, -0.05) is 63.2 Å². The van der Waals surface area contributed by atoms with Crippen molar-refractivity contribution in [3.63, 3.8) is 0 Å².